The molecule has 0 saturated heterocycles. The van der Waals surface area contributed by atoms with E-state index in [1.54, 1.807) is 25.3 Å². The van der Waals surface area contributed by atoms with Gasteiger partial charge in [0.05, 0.1) is 22.8 Å². The third-order valence-corrected chi connectivity index (χ3v) is 4.38. The van der Waals surface area contributed by atoms with Gasteiger partial charge in [-0.15, -0.1) is 0 Å². The topological polar surface area (TPSA) is 58.6 Å². The summed E-state index contributed by atoms with van der Waals surface area (Å²) in [5, 5.41) is 3.33. The van der Waals surface area contributed by atoms with Gasteiger partial charge in [-0.2, -0.15) is 0 Å². The number of ether oxygens (including phenoxy) is 1. The number of hydrogen-bond acceptors (Lipinski definition) is 3. The number of para-hydroxylation sites is 1. The molecular weight excluding hydrogens is 363 g/mol. The number of hydrogen-bond donors (Lipinski definition) is 1. The van der Waals surface area contributed by atoms with Crippen LogP contribution in [-0.2, 0) is 16.1 Å². The summed E-state index contributed by atoms with van der Waals surface area (Å²) in [5.41, 5.74) is 1.24. The highest BCUT2D eigenvalue weighted by Gasteiger charge is 2.19. The van der Waals surface area contributed by atoms with Crippen molar-refractivity contribution in [2.45, 2.75) is 13.5 Å². The molecule has 0 fully saturated rings. The van der Waals surface area contributed by atoms with E-state index in [0.717, 1.165) is 5.56 Å². The fourth-order valence-electron chi connectivity index (χ4n) is 2.31. The summed E-state index contributed by atoms with van der Waals surface area (Å²) in [4.78, 5) is 25.5. The highest BCUT2D eigenvalue weighted by Crippen LogP contribution is 2.32. The number of methoxy groups -OCH3 is 1. The molecule has 0 unspecified atom stereocenters. The van der Waals surface area contributed by atoms with E-state index in [1.165, 1.54) is 11.8 Å². The minimum atomic E-state index is -0.322. The molecule has 2 aromatic rings. The maximum atomic E-state index is 12.3. The third kappa shape index (κ3) is 4.87. The number of halogens is 2. The summed E-state index contributed by atoms with van der Waals surface area (Å²) in [6, 6.07) is 12.3. The van der Waals surface area contributed by atoms with Gasteiger partial charge in [-0.05, 0) is 18.2 Å². The Morgan fingerprint density at radius 1 is 1.12 bits per heavy atom. The van der Waals surface area contributed by atoms with Gasteiger partial charge in [-0.3, -0.25) is 9.59 Å². The maximum Gasteiger partial charge on any atom is 0.240 e. The Hall–Kier alpha value is -2.24. The number of nitrogens with one attached hydrogen (secondary N) is 1. The lowest BCUT2D eigenvalue weighted by Gasteiger charge is -2.22. The summed E-state index contributed by atoms with van der Waals surface area (Å²) in [5.74, 6) is 0.0536. The molecule has 0 aliphatic carbocycles. The van der Waals surface area contributed by atoms with Gasteiger partial charge < -0.3 is 15.0 Å². The van der Waals surface area contributed by atoms with Crippen molar-refractivity contribution in [1.82, 2.24) is 5.32 Å². The molecule has 5 nitrogen and oxygen atoms in total. The monoisotopic (exact) mass is 380 g/mol. The summed E-state index contributed by atoms with van der Waals surface area (Å²) >= 11 is 12.1. The van der Waals surface area contributed by atoms with Crippen LogP contribution in [0.1, 0.15) is 12.5 Å². The molecule has 0 aliphatic rings. The summed E-state index contributed by atoms with van der Waals surface area (Å²) in [6.07, 6.45) is 0. The van der Waals surface area contributed by atoms with Gasteiger partial charge in [0.2, 0.25) is 11.8 Å². The Morgan fingerprint density at radius 3 is 2.52 bits per heavy atom. The number of rotatable bonds is 6. The Morgan fingerprint density at radius 2 is 1.84 bits per heavy atom. The van der Waals surface area contributed by atoms with Crippen molar-refractivity contribution in [2.75, 3.05) is 18.6 Å². The van der Waals surface area contributed by atoms with Crippen LogP contribution in [0.25, 0.3) is 0 Å². The van der Waals surface area contributed by atoms with Gasteiger partial charge in [0, 0.05) is 19.0 Å². The molecule has 0 aliphatic heterocycles. The van der Waals surface area contributed by atoms with Crippen molar-refractivity contribution in [3.63, 3.8) is 0 Å². The Balaban J connectivity index is 2.08. The van der Waals surface area contributed by atoms with Gasteiger partial charge in [0.1, 0.15) is 12.3 Å². The lowest BCUT2D eigenvalue weighted by atomic mass is 10.2. The molecule has 0 aromatic heterocycles. The number of anilines is 1. The van der Waals surface area contributed by atoms with Crippen LogP contribution in [0.4, 0.5) is 5.69 Å². The molecule has 0 bridgehead atoms. The van der Waals surface area contributed by atoms with E-state index < -0.39 is 0 Å². The van der Waals surface area contributed by atoms with Crippen LogP contribution in [0.2, 0.25) is 10.0 Å². The lowest BCUT2D eigenvalue weighted by molar-refractivity contribution is -0.123. The number of nitrogens with zero attached hydrogens (tertiary/aromatic N) is 1. The smallest absolute Gasteiger partial charge is 0.240 e. The minimum absolute atomic E-state index is 0.162. The molecule has 0 saturated carbocycles. The van der Waals surface area contributed by atoms with Crippen LogP contribution in [-0.4, -0.2) is 25.5 Å². The molecule has 0 atom stereocenters. The summed E-state index contributed by atoms with van der Waals surface area (Å²) in [6.45, 7) is 1.49. The van der Waals surface area contributed by atoms with Crippen molar-refractivity contribution in [3.05, 3.63) is 58.1 Å². The zero-order valence-corrected chi connectivity index (χ0v) is 15.4. The maximum absolute atomic E-state index is 12.3. The second-order valence-corrected chi connectivity index (χ2v) is 6.05. The number of carbonyl (C=O) groups is 2. The van der Waals surface area contributed by atoms with E-state index in [9.17, 15) is 9.59 Å². The molecular formula is C18H18Cl2N2O3. The number of carbonyl (C=O) groups excluding carboxylic acids is 2. The fraction of sp³-hybridized carbons (Fsp3) is 0.222. The molecule has 7 heteroatoms. The first-order valence-corrected chi connectivity index (χ1v) is 8.30. The summed E-state index contributed by atoms with van der Waals surface area (Å²) in [7, 11) is 1.57. The Labute approximate surface area is 156 Å². The molecule has 25 heavy (non-hydrogen) atoms. The predicted molar refractivity (Wildman–Crippen MR) is 99.3 cm³/mol. The van der Waals surface area contributed by atoms with E-state index >= 15 is 0 Å². The van der Waals surface area contributed by atoms with Crippen LogP contribution < -0.4 is 15.0 Å². The lowest BCUT2D eigenvalue weighted by Crippen LogP contribution is -2.39. The van der Waals surface area contributed by atoms with Gasteiger partial charge in [0.25, 0.3) is 0 Å². The molecule has 0 spiro atoms. The second kappa shape index (κ2) is 8.74. The molecule has 2 aromatic carbocycles. The standard InChI is InChI=1S/C18H18Cl2N2O3/c1-12(23)22(15-8-5-7-14(19)18(15)20)11-17(24)21-10-13-6-3-4-9-16(13)25-2/h3-9H,10-11H2,1-2H3,(H,21,24). The number of amides is 2. The molecule has 132 valence electrons. The molecule has 2 amide bonds. The van der Waals surface area contributed by atoms with Crippen molar-refractivity contribution in [3.8, 4) is 5.75 Å². The average Bonchev–Trinajstić information content (AvgIpc) is 2.60. The van der Waals surface area contributed by atoms with Crippen LogP contribution >= 0.6 is 23.2 Å². The summed E-state index contributed by atoms with van der Waals surface area (Å²) < 4.78 is 5.25. The zero-order chi connectivity index (χ0) is 18.4. The SMILES string of the molecule is COc1ccccc1CNC(=O)CN(C(C)=O)c1cccc(Cl)c1Cl. The first-order valence-electron chi connectivity index (χ1n) is 7.54. The van der Waals surface area contributed by atoms with Crippen LogP contribution in [0.5, 0.6) is 5.75 Å². The van der Waals surface area contributed by atoms with Crippen LogP contribution in [0.3, 0.4) is 0 Å². The van der Waals surface area contributed by atoms with E-state index in [-0.39, 0.29) is 29.9 Å². The quantitative estimate of drug-likeness (QED) is 0.831. The Kier molecular flexibility index (Phi) is 6.67. The number of benzene rings is 2. The van der Waals surface area contributed by atoms with Gasteiger partial charge >= 0.3 is 0 Å². The van der Waals surface area contributed by atoms with E-state index in [2.05, 4.69) is 5.32 Å². The molecule has 2 rings (SSSR count). The van der Waals surface area contributed by atoms with E-state index in [4.69, 9.17) is 27.9 Å². The van der Waals surface area contributed by atoms with Crippen LogP contribution in [0.15, 0.2) is 42.5 Å². The van der Waals surface area contributed by atoms with Gasteiger partial charge in [-0.25, -0.2) is 0 Å². The highest BCUT2D eigenvalue weighted by atomic mass is 35.5. The fourth-order valence-corrected chi connectivity index (χ4v) is 2.71. The average molecular weight is 381 g/mol. The van der Waals surface area contributed by atoms with Crippen molar-refractivity contribution in [1.29, 1.82) is 0 Å². The largest absolute Gasteiger partial charge is 0.496 e. The van der Waals surface area contributed by atoms with Crippen LogP contribution in [0, 0.1) is 0 Å². The Bertz CT molecular complexity index is 781. The van der Waals surface area contributed by atoms with Gasteiger partial charge in [0.15, 0.2) is 0 Å². The predicted octanol–water partition coefficient (Wildman–Crippen LogP) is 3.67. The van der Waals surface area contributed by atoms with Crippen molar-refractivity contribution < 1.29 is 14.3 Å². The van der Waals surface area contributed by atoms with Gasteiger partial charge in [-0.1, -0.05) is 47.5 Å². The van der Waals surface area contributed by atoms with Crippen molar-refractivity contribution >= 4 is 40.7 Å². The first kappa shape index (κ1) is 19.1. The normalized spacial score (nSPS) is 10.2. The zero-order valence-electron chi connectivity index (χ0n) is 13.9. The van der Waals surface area contributed by atoms with Crippen molar-refractivity contribution in [2.24, 2.45) is 0 Å². The van der Waals surface area contributed by atoms with E-state index in [0.29, 0.717) is 16.5 Å². The molecule has 0 radical (unpaired) electrons. The highest BCUT2D eigenvalue weighted by molar-refractivity contribution is 6.44. The second-order valence-electron chi connectivity index (χ2n) is 5.27. The van der Waals surface area contributed by atoms with E-state index in [1.807, 2.05) is 24.3 Å². The molecule has 1 N–H and O–H groups in total. The minimum Gasteiger partial charge on any atom is -0.496 e. The first-order chi connectivity index (χ1) is 11.9. The molecule has 0 heterocycles. The third-order valence-electron chi connectivity index (χ3n) is 3.57.